The molecule has 0 radical (unpaired) electrons. The molecule has 0 bridgehead atoms. The standard InChI is InChI=1S/C18H25N5O6/c1-8(2)15(25)21-18-20-14-13(16(26)22-18)19-7-23(14)12-5-10(11(6-24)28-12)29-17(27)9(3)4/h7-12,24H,5-6H2,1-4H3,(H2,20,21,22,25,26)/t10-,11+,12+/m1/s1. The molecule has 0 saturated carbocycles. The van der Waals surface area contributed by atoms with E-state index in [1.807, 2.05) is 0 Å². The van der Waals surface area contributed by atoms with Crippen molar-refractivity contribution in [2.75, 3.05) is 11.9 Å². The molecule has 0 spiro atoms. The molecule has 2 aromatic heterocycles. The number of esters is 1. The molecule has 158 valence electrons. The topological polar surface area (TPSA) is 148 Å². The van der Waals surface area contributed by atoms with Crippen LogP contribution in [0.3, 0.4) is 0 Å². The number of hydrogen-bond acceptors (Lipinski definition) is 8. The molecule has 11 heteroatoms. The number of H-pyrrole nitrogens is 1. The van der Waals surface area contributed by atoms with Gasteiger partial charge in [-0.05, 0) is 0 Å². The summed E-state index contributed by atoms with van der Waals surface area (Å²) in [6, 6.07) is 0. The van der Waals surface area contributed by atoms with Crippen LogP contribution < -0.4 is 10.9 Å². The van der Waals surface area contributed by atoms with Crippen molar-refractivity contribution >= 4 is 29.0 Å². The van der Waals surface area contributed by atoms with Crippen LogP contribution in [-0.4, -0.2) is 55.3 Å². The van der Waals surface area contributed by atoms with E-state index in [9.17, 15) is 19.5 Å². The predicted octanol–water partition coefficient (Wildman–Crippen LogP) is 0.562. The van der Waals surface area contributed by atoms with Crippen molar-refractivity contribution in [3.05, 3.63) is 16.7 Å². The summed E-state index contributed by atoms with van der Waals surface area (Å²) in [6.07, 6.45) is -0.337. The van der Waals surface area contributed by atoms with E-state index in [4.69, 9.17) is 9.47 Å². The lowest BCUT2D eigenvalue weighted by molar-refractivity contribution is -0.156. The maximum Gasteiger partial charge on any atom is 0.308 e. The number of ether oxygens (including phenoxy) is 2. The summed E-state index contributed by atoms with van der Waals surface area (Å²) in [5.74, 6) is -1.28. The SMILES string of the molecule is CC(C)C(=O)Nc1nc2c(ncn2[C@@H]2C[C@@H](OC(=O)C(C)C)[C@H](CO)O2)c(=O)[nH]1. The zero-order chi connectivity index (χ0) is 21.3. The minimum Gasteiger partial charge on any atom is -0.459 e. The Morgan fingerprint density at radius 2 is 2.10 bits per heavy atom. The summed E-state index contributed by atoms with van der Waals surface area (Å²) in [4.78, 5) is 47.0. The first-order valence-corrected chi connectivity index (χ1v) is 9.45. The van der Waals surface area contributed by atoms with E-state index in [1.54, 1.807) is 27.7 Å². The van der Waals surface area contributed by atoms with Crippen LogP contribution in [0, 0.1) is 11.8 Å². The van der Waals surface area contributed by atoms with E-state index >= 15 is 0 Å². The van der Waals surface area contributed by atoms with Crippen molar-refractivity contribution in [3.63, 3.8) is 0 Å². The van der Waals surface area contributed by atoms with Gasteiger partial charge in [0, 0.05) is 12.3 Å². The molecule has 11 nitrogen and oxygen atoms in total. The van der Waals surface area contributed by atoms with Crippen molar-refractivity contribution < 1.29 is 24.2 Å². The fraction of sp³-hybridized carbons (Fsp3) is 0.611. The molecular weight excluding hydrogens is 382 g/mol. The number of carbonyl (C=O) groups excluding carboxylic acids is 2. The summed E-state index contributed by atoms with van der Waals surface area (Å²) in [5.41, 5.74) is -0.211. The number of carbonyl (C=O) groups is 2. The number of amides is 1. The number of nitrogens with one attached hydrogen (secondary N) is 2. The molecule has 1 aliphatic heterocycles. The summed E-state index contributed by atoms with van der Waals surface area (Å²) >= 11 is 0. The lowest BCUT2D eigenvalue weighted by Crippen LogP contribution is -2.31. The fourth-order valence-corrected chi connectivity index (χ4v) is 2.90. The molecule has 0 aliphatic carbocycles. The van der Waals surface area contributed by atoms with Gasteiger partial charge in [0.05, 0.1) is 18.9 Å². The average Bonchev–Trinajstić information content (AvgIpc) is 3.25. The number of hydrogen-bond donors (Lipinski definition) is 3. The van der Waals surface area contributed by atoms with Gasteiger partial charge in [0.1, 0.15) is 18.4 Å². The van der Waals surface area contributed by atoms with Crippen LogP contribution in [0.15, 0.2) is 11.1 Å². The van der Waals surface area contributed by atoms with E-state index in [-0.39, 0.29) is 53.9 Å². The van der Waals surface area contributed by atoms with Crippen LogP contribution in [0.4, 0.5) is 5.95 Å². The smallest absolute Gasteiger partial charge is 0.308 e. The third-order valence-electron chi connectivity index (χ3n) is 4.61. The predicted molar refractivity (Wildman–Crippen MR) is 102 cm³/mol. The van der Waals surface area contributed by atoms with Crippen LogP contribution in [-0.2, 0) is 19.1 Å². The fourth-order valence-electron chi connectivity index (χ4n) is 2.90. The van der Waals surface area contributed by atoms with E-state index in [0.29, 0.717) is 0 Å². The average molecular weight is 407 g/mol. The van der Waals surface area contributed by atoms with Gasteiger partial charge in [-0.25, -0.2) is 4.98 Å². The van der Waals surface area contributed by atoms with Gasteiger partial charge in [-0.1, -0.05) is 27.7 Å². The number of aliphatic hydroxyl groups excluding tert-OH is 1. The van der Waals surface area contributed by atoms with Gasteiger partial charge < -0.3 is 14.6 Å². The quantitative estimate of drug-likeness (QED) is 0.588. The van der Waals surface area contributed by atoms with Gasteiger partial charge >= 0.3 is 5.97 Å². The van der Waals surface area contributed by atoms with Crippen molar-refractivity contribution in [2.45, 2.75) is 52.6 Å². The van der Waals surface area contributed by atoms with E-state index < -0.39 is 24.0 Å². The highest BCUT2D eigenvalue weighted by Gasteiger charge is 2.39. The maximum atomic E-state index is 12.3. The number of nitrogens with zero attached hydrogens (tertiary/aromatic N) is 3. The van der Waals surface area contributed by atoms with Crippen LogP contribution in [0.1, 0.15) is 40.3 Å². The Balaban J connectivity index is 1.89. The van der Waals surface area contributed by atoms with E-state index in [2.05, 4.69) is 20.3 Å². The monoisotopic (exact) mass is 407 g/mol. The molecule has 1 fully saturated rings. The number of anilines is 1. The Morgan fingerprint density at radius 1 is 1.38 bits per heavy atom. The molecule has 0 aromatic carbocycles. The highest BCUT2D eigenvalue weighted by molar-refractivity contribution is 5.91. The first-order valence-electron chi connectivity index (χ1n) is 9.45. The molecule has 3 N–H and O–H groups in total. The van der Waals surface area contributed by atoms with Gasteiger partial charge in [-0.3, -0.25) is 29.3 Å². The zero-order valence-electron chi connectivity index (χ0n) is 16.7. The second-order valence-corrected chi connectivity index (χ2v) is 7.56. The maximum absolute atomic E-state index is 12.3. The van der Waals surface area contributed by atoms with E-state index in [0.717, 1.165) is 0 Å². The Labute approximate surface area is 166 Å². The minimum atomic E-state index is -0.706. The Bertz CT molecular complexity index is 965. The normalized spacial score (nSPS) is 21.8. The number of aromatic amines is 1. The molecular formula is C18H25N5O6. The van der Waals surface area contributed by atoms with Gasteiger partial charge in [-0.2, -0.15) is 4.98 Å². The van der Waals surface area contributed by atoms with Crippen LogP contribution >= 0.6 is 0 Å². The Kier molecular flexibility index (Phi) is 5.99. The van der Waals surface area contributed by atoms with Crippen molar-refractivity contribution in [1.82, 2.24) is 19.5 Å². The van der Waals surface area contributed by atoms with Crippen LogP contribution in [0.2, 0.25) is 0 Å². The largest absolute Gasteiger partial charge is 0.459 e. The first-order chi connectivity index (χ1) is 13.7. The highest BCUT2D eigenvalue weighted by atomic mass is 16.6. The number of fused-ring (bicyclic) bond motifs is 1. The summed E-state index contributed by atoms with van der Waals surface area (Å²) in [5, 5.41) is 12.1. The van der Waals surface area contributed by atoms with Crippen molar-refractivity contribution in [1.29, 1.82) is 0 Å². The molecule has 1 saturated heterocycles. The van der Waals surface area contributed by atoms with Crippen molar-refractivity contribution in [2.24, 2.45) is 11.8 Å². The van der Waals surface area contributed by atoms with Gasteiger partial charge in [0.2, 0.25) is 11.9 Å². The third kappa shape index (κ3) is 4.30. The molecule has 29 heavy (non-hydrogen) atoms. The van der Waals surface area contributed by atoms with Gasteiger partial charge in [-0.15, -0.1) is 0 Å². The minimum absolute atomic E-state index is 0.00226. The number of aromatic nitrogens is 4. The van der Waals surface area contributed by atoms with Crippen LogP contribution in [0.25, 0.3) is 11.2 Å². The van der Waals surface area contributed by atoms with Crippen molar-refractivity contribution in [3.8, 4) is 0 Å². The zero-order valence-corrected chi connectivity index (χ0v) is 16.7. The Morgan fingerprint density at radius 3 is 2.72 bits per heavy atom. The number of rotatable bonds is 6. The number of aliphatic hydroxyl groups is 1. The van der Waals surface area contributed by atoms with Gasteiger partial charge in [0.15, 0.2) is 11.2 Å². The molecule has 1 amide bonds. The summed E-state index contributed by atoms with van der Waals surface area (Å²) in [7, 11) is 0. The molecule has 3 atom stereocenters. The molecule has 2 aromatic rings. The van der Waals surface area contributed by atoms with Gasteiger partial charge in [0.25, 0.3) is 5.56 Å². The molecule has 3 heterocycles. The molecule has 3 rings (SSSR count). The second-order valence-electron chi connectivity index (χ2n) is 7.56. The first kappa shape index (κ1) is 20.9. The number of imidazole rings is 1. The molecule has 1 aliphatic rings. The van der Waals surface area contributed by atoms with Crippen LogP contribution in [0.5, 0.6) is 0 Å². The second kappa shape index (κ2) is 8.29. The third-order valence-corrected chi connectivity index (χ3v) is 4.61. The summed E-state index contributed by atoms with van der Waals surface area (Å²) < 4.78 is 12.8. The van der Waals surface area contributed by atoms with E-state index in [1.165, 1.54) is 10.9 Å². The lowest BCUT2D eigenvalue weighted by Gasteiger charge is -2.17. The molecule has 0 unspecified atom stereocenters. The highest BCUT2D eigenvalue weighted by Crippen LogP contribution is 2.32. The Hall–Kier alpha value is -2.79. The summed E-state index contributed by atoms with van der Waals surface area (Å²) in [6.45, 7) is 6.54. The lowest BCUT2D eigenvalue weighted by atomic mass is 10.1.